The number of allylic oxidation sites excluding steroid dienone is 1. The van der Waals surface area contributed by atoms with Crippen molar-refractivity contribution in [2.75, 3.05) is 27.2 Å². The highest BCUT2D eigenvalue weighted by Gasteiger charge is 2.69. The third kappa shape index (κ3) is 6.25. The summed E-state index contributed by atoms with van der Waals surface area (Å²) in [6, 6.07) is 18.4. The summed E-state index contributed by atoms with van der Waals surface area (Å²) >= 11 is 0. The fourth-order valence-electron chi connectivity index (χ4n) is 17.7. The van der Waals surface area contributed by atoms with Crippen LogP contribution < -0.4 is 10.6 Å². The van der Waals surface area contributed by atoms with E-state index in [0.717, 1.165) is 38.8 Å². The maximum absolute atomic E-state index is 10.8. The minimum atomic E-state index is -0.381. The lowest BCUT2D eigenvalue weighted by atomic mass is 9.56. The van der Waals surface area contributed by atoms with E-state index < -0.39 is 0 Å². The lowest BCUT2D eigenvalue weighted by Gasteiger charge is -2.55. The molecule has 0 radical (unpaired) electrons. The maximum atomic E-state index is 10.8. The summed E-state index contributed by atoms with van der Waals surface area (Å²) in [6.45, 7) is 7.08. The van der Waals surface area contributed by atoms with Gasteiger partial charge >= 0.3 is 0 Å². The molecule has 13 atom stereocenters. The fourth-order valence-corrected chi connectivity index (χ4v) is 17.7. The molecule has 4 aliphatic heterocycles. The molecule has 3 N–H and O–H groups in total. The number of ether oxygens (including phenoxy) is 2. The zero-order valence-electron chi connectivity index (χ0n) is 40.5. The van der Waals surface area contributed by atoms with Crippen LogP contribution in [0.3, 0.4) is 0 Å². The summed E-state index contributed by atoms with van der Waals surface area (Å²) in [4.78, 5) is 8.75. The SMILES string of the molecule is CNC[C@@H]1CC=C2C=C3CC[C@]4(C)[C@@H](c5ccc6ccncc6c5)CC[C@H]4[C@@]34CC[C@]2(C1)O4.CNC[C@H]1C[C@@]23CC[C@@]4(O2)C(=CC3=C[C@@H]1O)CC[C@]1(C)[C@@H](c2ccc3ccncc3c2)CC[C@H]14. The monoisotopic (exact) mass is 897 g/mol. The standard InChI is InChI=1S/C30H36N2O2.C30H36N2O/c1-28-9-7-23-14-24-15-26(33)22(17-31-2)16-29(24)10-11-30(23,34-29)27(28)6-5-25(28)20-4-3-19-8-12-32-18-21(19)13-20;1-28-11-9-25-16-24-6-3-20(18-31-2)17-29(24)12-13-30(25,33-29)27(28)8-7-26(28)22-5-4-21-10-14-32-19-23(21)15-22/h3-4,8,12-15,18,22,25-27,31,33H,5-7,9-11,16-17H2,1-2H3;4-6,10,14-16,19-20,26-27,31H,3,7-9,11-13,17-18H2,1-2H3/t22-,25-,26+,27-,28-,29-,30-;20-,26-,27-,28-,29-,30-/m11/s1. The molecule has 2 saturated heterocycles. The quantitative estimate of drug-likeness (QED) is 0.178. The molecular weight excluding hydrogens is 825 g/mol. The van der Waals surface area contributed by atoms with Gasteiger partial charge in [0.05, 0.1) is 28.5 Å². The van der Waals surface area contributed by atoms with Crippen LogP contribution in [0.4, 0.5) is 0 Å². The number of aliphatic hydroxyl groups is 1. The Hall–Kier alpha value is -3.98. The van der Waals surface area contributed by atoms with Crippen molar-refractivity contribution in [2.45, 2.75) is 151 Å². The third-order valence-corrected chi connectivity index (χ3v) is 20.8. The molecule has 6 fully saturated rings. The third-order valence-electron chi connectivity index (χ3n) is 20.8. The predicted octanol–water partition coefficient (Wildman–Crippen LogP) is 11.6. The van der Waals surface area contributed by atoms with Crippen LogP contribution in [0.5, 0.6) is 0 Å². The van der Waals surface area contributed by atoms with Gasteiger partial charge < -0.3 is 25.2 Å². The average molecular weight is 897 g/mol. The second-order valence-corrected chi connectivity index (χ2v) is 23.8. The van der Waals surface area contributed by atoms with Gasteiger partial charge in [0.25, 0.3) is 0 Å². The number of nitrogens with one attached hydrogen (secondary N) is 2. The Balaban J connectivity index is 0.000000133. The molecule has 7 nitrogen and oxygen atoms in total. The molecule has 67 heavy (non-hydrogen) atoms. The Morgan fingerprint density at radius 1 is 0.627 bits per heavy atom. The number of hydrogen-bond acceptors (Lipinski definition) is 7. The molecule has 4 bridgehead atoms. The van der Waals surface area contributed by atoms with Gasteiger partial charge in [-0.3, -0.25) is 9.97 Å². The molecule has 6 aliphatic carbocycles. The molecular formula is C60H72N4O3. The van der Waals surface area contributed by atoms with Crippen LogP contribution in [0.1, 0.15) is 133 Å². The van der Waals surface area contributed by atoms with Crippen LogP contribution in [-0.2, 0) is 9.47 Å². The number of aliphatic hydroxyl groups excluding tert-OH is 1. The van der Waals surface area contributed by atoms with Crippen LogP contribution in [0.2, 0.25) is 0 Å². The highest BCUT2D eigenvalue weighted by atomic mass is 16.5. The number of aromatic nitrogens is 2. The van der Waals surface area contributed by atoms with E-state index in [4.69, 9.17) is 9.47 Å². The van der Waals surface area contributed by atoms with Crippen molar-refractivity contribution in [1.29, 1.82) is 0 Å². The lowest BCUT2D eigenvalue weighted by molar-refractivity contribution is -0.148. The van der Waals surface area contributed by atoms with Crippen molar-refractivity contribution in [3.05, 3.63) is 131 Å². The van der Waals surface area contributed by atoms with Crippen LogP contribution in [0.15, 0.2) is 120 Å². The van der Waals surface area contributed by atoms with Gasteiger partial charge in [0.1, 0.15) is 0 Å². The first kappa shape index (κ1) is 43.1. The van der Waals surface area contributed by atoms with Crippen LogP contribution in [-0.4, -0.2) is 70.8 Å². The molecule has 4 saturated carbocycles. The Kier molecular flexibility index (Phi) is 9.97. The Bertz CT molecular complexity index is 2780. The second kappa shape index (κ2) is 15.5. The van der Waals surface area contributed by atoms with E-state index in [0.29, 0.717) is 35.0 Å². The minimum Gasteiger partial charge on any atom is -0.389 e. The summed E-state index contributed by atoms with van der Waals surface area (Å²) in [5.74, 6) is 3.29. The molecule has 0 unspecified atom stereocenters. The van der Waals surface area contributed by atoms with E-state index in [1.165, 1.54) is 120 Å². The van der Waals surface area contributed by atoms with E-state index in [9.17, 15) is 5.11 Å². The van der Waals surface area contributed by atoms with Crippen molar-refractivity contribution in [2.24, 2.45) is 34.5 Å². The fraction of sp³-hybridized carbons (Fsp3) is 0.567. The van der Waals surface area contributed by atoms with Crippen molar-refractivity contribution in [3.63, 3.8) is 0 Å². The van der Waals surface area contributed by atoms with Gasteiger partial charge in [-0.2, -0.15) is 0 Å². The molecule has 10 aliphatic rings. The first-order chi connectivity index (χ1) is 32.5. The van der Waals surface area contributed by atoms with E-state index in [1.807, 2.05) is 31.8 Å². The van der Waals surface area contributed by atoms with Gasteiger partial charge in [-0.15, -0.1) is 0 Å². The van der Waals surface area contributed by atoms with E-state index in [1.54, 1.807) is 5.57 Å². The van der Waals surface area contributed by atoms with Crippen LogP contribution in [0, 0.1) is 34.5 Å². The van der Waals surface area contributed by atoms with Gasteiger partial charge in [-0.25, -0.2) is 0 Å². The number of benzene rings is 2. The summed E-state index contributed by atoms with van der Waals surface area (Å²) in [6.07, 6.45) is 35.0. The molecule has 6 heterocycles. The number of hydrogen-bond donors (Lipinski definition) is 3. The molecule has 4 spiro atoms. The Morgan fingerprint density at radius 3 is 1.75 bits per heavy atom. The van der Waals surface area contributed by atoms with E-state index >= 15 is 0 Å². The predicted molar refractivity (Wildman–Crippen MR) is 268 cm³/mol. The Labute approximate surface area is 398 Å². The Morgan fingerprint density at radius 2 is 1.18 bits per heavy atom. The first-order valence-corrected chi connectivity index (χ1v) is 26.4. The van der Waals surface area contributed by atoms with Crippen molar-refractivity contribution >= 4 is 21.5 Å². The largest absolute Gasteiger partial charge is 0.389 e. The first-order valence-electron chi connectivity index (χ1n) is 26.4. The van der Waals surface area contributed by atoms with Crippen LogP contribution >= 0.6 is 0 Å². The topological polar surface area (TPSA) is 88.5 Å². The molecule has 7 heteroatoms. The number of rotatable bonds is 6. The maximum Gasteiger partial charge on any atom is 0.0946 e. The van der Waals surface area contributed by atoms with Gasteiger partial charge in [0.2, 0.25) is 0 Å². The summed E-state index contributed by atoms with van der Waals surface area (Å²) in [7, 11) is 4.06. The van der Waals surface area contributed by atoms with Crippen molar-refractivity contribution in [1.82, 2.24) is 20.6 Å². The molecule has 0 amide bonds. The van der Waals surface area contributed by atoms with E-state index in [2.05, 4.69) is 114 Å². The number of pyridine rings is 2. The van der Waals surface area contributed by atoms with Crippen molar-refractivity contribution in [3.8, 4) is 0 Å². The van der Waals surface area contributed by atoms with Gasteiger partial charge in [0, 0.05) is 48.0 Å². The smallest absolute Gasteiger partial charge is 0.0946 e. The zero-order valence-corrected chi connectivity index (χ0v) is 40.5. The number of fused-ring (bicyclic) bond motifs is 4. The van der Waals surface area contributed by atoms with Gasteiger partial charge in [-0.05, 0) is 232 Å². The van der Waals surface area contributed by atoms with Crippen LogP contribution in [0.25, 0.3) is 21.5 Å². The molecule has 2 aromatic carbocycles. The summed E-state index contributed by atoms with van der Waals surface area (Å²) in [5.41, 5.74) is 9.11. The molecule has 4 aromatic rings. The summed E-state index contributed by atoms with van der Waals surface area (Å²) in [5, 5.41) is 22.6. The lowest BCUT2D eigenvalue weighted by Crippen LogP contribution is -2.55. The summed E-state index contributed by atoms with van der Waals surface area (Å²) < 4.78 is 14.8. The second-order valence-electron chi connectivity index (χ2n) is 23.8. The van der Waals surface area contributed by atoms with Gasteiger partial charge in [0.15, 0.2) is 0 Å². The molecule has 350 valence electrons. The number of nitrogens with zero attached hydrogens (tertiary/aromatic N) is 2. The minimum absolute atomic E-state index is 0.0149. The zero-order chi connectivity index (χ0) is 45.4. The normalized spacial score (nSPS) is 41.9. The van der Waals surface area contributed by atoms with E-state index in [-0.39, 0.29) is 39.8 Å². The molecule has 2 aromatic heterocycles. The highest BCUT2D eigenvalue weighted by molar-refractivity contribution is 5.83. The molecule has 14 rings (SSSR count). The van der Waals surface area contributed by atoms with Crippen molar-refractivity contribution < 1.29 is 14.6 Å². The van der Waals surface area contributed by atoms with Gasteiger partial charge in [-0.1, -0.05) is 56.3 Å². The highest BCUT2D eigenvalue weighted by Crippen LogP contribution is 2.72. The average Bonchev–Trinajstić information content (AvgIpc) is 4.07.